The molecule has 2 unspecified atom stereocenters. The van der Waals surface area contributed by atoms with Crippen molar-refractivity contribution in [3.8, 4) is 0 Å². The molecule has 0 aromatic rings. The smallest absolute Gasteiger partial charge is 0.462 e. The van der Waals surface area contributed by atoms with Crippen molar-refractivity contribution in [2.24, 2.45) is 5.73 Å². The summed E-state index contributed by atoms with van der Waals surface area (Å²) >= 11 is 0. The van der Waals surface area contributed by atoms with Crippen LogP contribution >= 0.6 is 7.82 Å². The summed E-state index contributed by atoms with van der Waals surface area (Å²) in [6.45, 7) is 3.63. The molecule has 0 radical (unpaired) electrons. The number of phosphoric ester groups is 1. The zero-order chi connectivity index (χ0) is 60.1. The molecular weight excluding hydrogens is 1050 g/mol. The lowest BCUT2D eigenvalue weighted by Gasteiger charge is -2.19. The molecule has 10 heteroatoms. The van der Waals surface area contributed by atoms with E-state index >= 15 is 0 Å². The molecule has 0 aromatic heterocycles. The van der Waals surface area contributed by atoms with Crippen molar-refractivity contribution >= 4 is 19.8 Å². The average Bonchev–Trinajstić information content (AvgIpc) is 3.49. The van der Waals surface area contributed by atoms with Crippen LogP contribution in [0.5, 0.6) is 0 Å². The van der Waals surface area contributed by atoms with Crippen molar-refractivity contribution in [1.29, 1.82) is 0 Å². The van der Waals surface area contributed by atoms with Crippen molar-refractivity contribution in [2.75, 3.05) is 26.4 Å². The summed E-state index contributed by atoms with van der Waals surface area (Å²) in [6, 6.07) is 0. The molecule has 478 valence electrons. The van der Waals surface area contributed by atoms with E-state index in [0.29, 0.717) is 6.42 Å². The number of nitrogens with two attached hydrogens (primary N) is 1. The van der Waals surface area contributed by atoms with Gasteiger partial charge in [0.1, 0.15) is 6.61 Å². The number of esters is 2. The minimum atomic E-state index is -4.40. The van der Waals surface area contributed by atoms with Gasteiger partial charge in [-0.25, -0.2) is 4.57 Å². The summed E-state index contributed by atoms with van der Waals surface area (Å²) in [6.07, 6.45) is 93.3. The molecule has 0 spiro atoms. The molecule has 3 N–H and O–H groups in total. The van der Waals surface area contributed by atoms with Crippen LogP contribution in [-0.2, 0) is 32.7 Å². The summed E-state index contributed by atoms with van der Waals surface area (Å²) in [5, 5.41) is 0. The highest BCUT2D eigenvalue weighted by Gasteiger charge is 2.26. The topological polar surface area (TPSA) is 134 Å². The molecule has 0 aliphatic rings. The lowest BCUT2D eigenvalue weighted by atomic mass is 10.0. The van der Waals surface area contributed by atoms with Gasteiger partial charge in [0, 0.05) is 19.4 Å². The maximum atomic E-state index is 12.8. The average molecular weight is 1180 g/mol. The van der Waals surface area contributed by atoms with E-state index in [4.69, 9.17) is 24.3 Å². The monoisotopic (exact) mass is 1180 g/mol. The van der Waals surface area contributed by atoms with Crippen LogP contribution < -0.4 is 5.73 Å². The Morgan fingerprint density at radius 2 is 0.663 bits per heavy atom. The fourth-order valence-electron chi connectivity index (χ4n) is 9.59. The van der Waals surface area contributed by atoms with Crippen LogP contribution in [0.25, 0.3) is 0 Å². The lowest BCUT2D eigenvalue weighted by molar-refractivity contribution is -0.161. The maximum Gasteiger partial charge on any atom is 0.472 e. The number of ether oxygens (including phenoxy) is 2. The first-order valence-electron chi connectivity index (χ1n) is 34.4. The molecule has 2 atom stereocenters. The van der Waals surface area contributed by atoms with E-state index in [9.17, 15) is 19.0 Å². The van der Waals surface area contributed by atoms with Crippen LogP contribution in [0.15, 0.2) is 109 Å². The normalized spacial score (nSPS) is 13.6. The van der Waals surface area contributed by atoms with E-state index in [1.165, 1.54) is 173 Å². The fraction of sp³-hybridized carbons (Fsp3) is 0.726. The Kier molecular flexibility index (Phi) is 65.1. The molecule has 0 aliphatic heterocycles. The minimum absolute atomic E-state index is 0.0491. The fourth-order valence-corrected chi connectivity index (χ4v) is 10.4. The highest BCUT2D eigenvalue weighted by molar-refractivity contribution is 7.47. The van der Waals surface area contributed by atoms with Gasteiger partial charge in [0.25, 0.3) is 0 Å². The Hall–Kier alpha value is -3.33. The molecule has 9 nitrogen and oxygen atoms in total. The third-order valence-corrected chi connectivity index (χ3v) is 15.6. The lowest BCUT2D eigenvalue weighted by Crippen LogP contribution is -2.29. The number of phosphoric acid groups is 1. The van der Waals surface area contributed by atoms with E-state index in [1.54, 1.807) is 0 Å². The highest BCUT2D eigenvalue weighted by Crippen LogP contribution is 2.43. The van der Waals surface area contributed by atoms with Gasteiger partial charge < -0.3 is 20.1 Å². The Bertz CT molecular complexity index is 1730. The quantitative estimate of drug-likeness (QED) is 0.0264. The van der Waals surface area contributed by atoms with Gasteiger partial charge in [0.05, 0.1) is 13.2 Å². The molecular formula is C73H128NO8P. The molecule has 0 rings (SSSR count). The number of carbonyl (C=O) groups excluding carboxylic acids is 2. The van der Waals surface area contributed by atoms with Crippen LogP contribution in [-0.4, -0.2) is 49.3 Å². The molecule has 0 heterocycles. The zero-order valence-electron chi connectivity index (χ0n) is 53.7. The molecule has 0 bridgehead atoms. The zero-order valence-corrected chi connectivity index (χ0v) is 54.5. The molecule has 0 saturated heterocycles. The van der Waals surface area contributed by atoms with Crippen LogP contribution in [0.3, 0.4) is 0 Å². The van der Waals surface area contributed by atoms with Crippen molar-refractivity contribution in [3.63, 3.8) is 0 Å². The van der Waals surface area contributed by atoms with Crippen LogP contribution in [0.2, 0.25) is 0 Å². The first kappa shape index (κ1) is 79.7. The number of unbranched alkanes of at least 4 members (excludes halogenated alkanes) is 33. The van der Waals surface area contributed by atoms with Crippen LogP contribution in [0.4, 0.5) is 0 Å². The van der Waals surface area contributed by atoms with Gasteiger partial charge in [0.2, 0.25) is 0 Å². The van der Waals surface area contributed by atoms with Crippen molar-refractivity contribution in [1.82, 2.24) is 0 Å². The van der Waals surface area contributed by atoms with Crippen LogP contribution in [0.1, 0.15) is 309 Å². The number of allylic oxidation sites excluding steroid dienone is 18. The van der Waals surface area contributed by atoms with Crippen molar-refractivity contribution in [2.45, 2.75) is 315 Å². The van der Waals surface area contributed by atoms with Crippen LogP contribution in [0, 0.1) is 0 Å². The van der Waals surface area contributed by atoms with Gasteiger partial charge in [-0.05, 0) is 103 Å². The third-order valence-electron chi connectivity index (χ3n) is 14.6. The number of carbonyl (C=O) groups is 2. The second-order valence-electron chi connectivity index (χ2n) is 22.7. The van der Waals surface area contributed by atoms with E-state index < -0.39 is 32.5 Å². The van der Waals surface area contributed by atoms with Gasteiger partial charge in [-0.15, -0.1) is 0 Å². The molecule has 0 amide bonds. The number of hydrogen-bond donors (Lipinski definition) is 2. The first-order chi connectivity index (χ1) is 40.8. The highest BCUT2D eigenvalue weighted by atomic mass is 31.2. The second-order valence-corrected chi connectivity index (χ2v) is 24.1. The number of hydrogen-bond acceptors (Lipinski definition) is 8. The van der Waals surface area contributed by atoms with Gasteiger partial charge in [-0.3, -0.25) is 18.6 Å². The van der Waals surface area contributed by atoms with Gasteiger partial charge >= 0.3 is 19.8 Å². The largest absolute Gasteiger partial charge is 0.472 e. The summed E-state index contributed by atoms with van der Waals surface area (Å²) in [5.41, 5.74) is 5.39. The first-order valence-corrected chi connectivity index (χ1v) is 35.9. The minimum Gasteiger partial charge on any atom is -0.462 e. The SMILES string of the molecule is CC/C=C\C/C=C\C/C=C\C/C=C\C/C=C\C/C=C\CCCCCCCCCCCCCCCCCCCCCCCCC(=O)OC(COC(=O)CCCCCCCC/C=C\C/C=C\C/C=C\CCCCCCC)COP(=O)(O)OCCN. The van der Waals surface area contributed by atoms with E-state index in [1.807, 2.05) is 0 Å². The Morgan fingerprint density at radius 1 is 0.373 bits per heavy atom. The molecule has 0 aliphatic carbocycles. The predicted octanol–water partition coefficient (Wildman–Crippen LogP) is 22.5. The molecule has 0 fully saturated rings. The molecule has 83 heavy (non-hydrogen) atoms. The van der Waals surface area contributed by atoms with E-state index in [2.05, 4.69) is 123 Å². The summed E-state index contributed by atoms with van der Waals surface area (Å²) < 4.78 is 33.1. The van der Waals surface area contributed by atoms with Crippen molar-refractivity contribution < 1.29 is 37.6 Å². The van der Waals surface area contributed by atoms with E-state index in [-0.39, 0.29) is 32.6 Å². The Morgan fingerprint density at radius 3 is 0.988 bits per heavy atom. The molecule has 0 aromatic carbocycles. The standard InChI is InChI=1S/C73H128NO8P/c1-3-5-7-9-11-13-15-17-19-21-23-25-26-27-28-29-30-31-32-33-34-35-36-37-38-39-40-41-42-43-44-46-48-50-52-54-56-58-60-62-64-66-73(76)82-71(70-81-83(77,78)80-68-67-74)69-79-72(75)65-63-61-59-57-55-53-51-49-47-45-24-22-20-18-16-14-12-10-8-6-4-2/h5,7,11,13,16-19,22-25,27-28,30-31,47,49,71H,3-4,6,8-10,12,14-15,20-21,26,29,32-46,48,50-70,74H2,1-2H3,(H,77,78)/b7-5-,13-11-,18-16-,19-17-,24-22-,25-23-,28-27-,31-30-,49-47-. The molecule has 0 saturated carbocycles. The predicted molar refractivity (Wildman–Crippen MR) is 358 cm³/mol. The second kappa shape index (κ2) is 67.8. The van der Waals surface area contributed by atoms with Gasteiger partial charge in [-0.2, -0.15) is 0 Å². The van der Waals surface area contributed by atoms with Gasteiger partial charge in [0.15, 0.2) is 6.10 Å². The summed E-state index contributed by atoms with van der Waals surface area (Å²) in [4.78, 5) is 35.3. The Labute approximate surface area is 511 Å². The summed E-state index contributed by atoms with van der Waals surface area (Å²) in [5.74, 6) is -0.835. The maximum absolute atomic E-state index is 12.8. The van der Waals surface area contributed by atoms with E-state index in [0.717, 1.165) is 103 Å². The number of rotatable bonds is 64. The van der Waals surface area contributed by atoms with Crippen molar-refractivity contribution in [3.05, 3.63) is 109 Å². The summed E-state index contributed by atoms with van der Waals surface area (Å²) in [7, 11) is -4.40. The Balaban J connectivity index is 3.83. The third kappa shape index (κ3) is 67.7. The van der Waals surface area contributed by atoms with Gasteiger partial charge in [-0.1, -0.05) is 303 Å².